The summed E-state index contributed by atoms with van der Waals surface area (Å²) in [5, 5.41) is 11.7. The molecule has 2 heteroatoms. The zero-order valence-electron chi connectivity index (χ0n) is 10.9. The highest BCUT2D eigenvalue weighted by molar-refractivity contribution is 5.99. The van der Waals surface area contributed by atoms with Crippen LogP contribution in [0, 0.1) is 6.92 Å². The van der Waals surface area contributed by atoms with Crippen molar-refractivity contribution in [3.05, 3.63) is 35.9 Å². The van der Waals surface area contributed by atoms with Gasteiger partial charge in [-0.1, -0.05) is 38.1 Å². The highest BCUT2D eigenvalue weighted by Crippen LogP contribution is 2.35. The molecule has 0 bridgehead atoms. The van der Waals surface area contributed by atoms with E-state index in [9.17, 15) is 5.11 Å². The fraction of sp³-hybridized carbons (Fsp3) is 0.267. The molecule has 0 aliphatic heterocycles. The first-order chi connectivity index (χ1) is 8.24. The van der Waals surface area contributed by atoms with Crippen molar-refractivity contribution in [1.29, 1.82) is 0 Å². The van der Waals surface area contributed by atoms with Crippen molar-refractivity contribution in [2.75, 3.05) is 0 Å². The molecule has 0 aliphatic rings. The second-order valence-electron chi connectivity index (χ2n) is 3.49. The SMILES string of the molecule is CC.CC=Nc1c(C)ccc2cccc(O)c12. The lowest BCUT2D eigenvalue weighted by atomic mass is 10.0. The Labute approximate surface area is 103 Å². The number of benzene rings is 2. The summed E-state index contributed by atoms with van der Waals surface area (Å²) < 4.78 is 0. The van der Waals surface area contributed by atoms with Gasteiger partial charge in [-0.05, 0) is 30.9 Å². The zero-order chi connectivity index (χ0) is 12.8. The Hall–Kier alpha value is -1.83. The molecule has 2 nitrogen and oxygen atoms in total. The number of phenols is 1. The monoisotopic (exact) mass is 229 g/mol. The molecule has 1 N–H and O–H groups in total. The molecule has 2 aromatic rings. The maximum atomic E-state index is 9.83. The topological polar surface area (TPSA) is 32.6 Å². The van der Waals surface area contributed by atoms with Crippen LogP contribution in [0.2, 0.25) is 0 Å². The molecule has 0 amide bonds. The molecule has 2 rings (SSSR count). The normalized spacial score (nSPS) is 10.4. The second-order valence-corrected chi connectivity index (χ2v) is 3.49. The van der Waals surface area contributed by atoms with Crippen LogP contribution < -0.4 is 0 Å². The Morgan fingerprint density at radius 1 is 1.12 bits per heavy atom. The van der Waals surface area contributed by atoms with Gasteiger partial charge in [0.05, 0.1) is 5.69 Å². The molecule has 0 aromatic heterocycles. The Morgan fingerprint density at radius 2 is 1.82 bits per heavy atom. The molecule has 0 heterocycles. The number of nitrogens with zero attached hydrogens (tertiary/aromatic N) is 1. The summed E-state index contributed by atoms with van der Waals surface area (Å²) in [6.45, 7) is 7.87. The summed E-state index contributed by atoms with van der Waals surface area (Å²) in [6.07, 6.45) is 1.74. The van der Waals surface area contributed by atoms with Crippen LogP contribution in [0.3, 0.4) is 0 Å². The molecule has 0 atom stereocenters. The summed E-state index contributed by atoms with van der Waals surface area (Å²) >= 11 is 0. The predicted molar refractivity (Wildman–Crippen MR) is 75.5 cm³/mol. The van der Waals surface area contributed by atoms with Gasteiger partial charge in [0.15, 0.2) is 0 Å². The largest absolute Gasteiger partial charge is 0.507 e. The molecule has 17 heavy (non-hydrogen) atoms. The van der Waals surface area contributed by atoms with Gasteiger partial charge in [0.2, 0.25) is 0 Å². The highest BCUT2D eigenvalue weighted by atomic mass is 16.3. The smallest absolute Gasteiger partial charge is 0.125 e. The van der Waals surface area contributed by atoms with Gasteiger partial charge in [-0.25, -0.2) is 0 Å². The van der Waals surface area contributed by atoms with E-state index in [0.29, 0.717) is 0 Å². The molecule has 0 saturated carbocycles. The molecule has 0 spiro atoms. The van der Waals surface area contributed by atoms with E-state index in [2.05, 4.69) is 4.99 Å². The van der Waals surface area contributed by atoms with Gasteiger partial charge in [-0.2, -0.15) is 0 Å². The number of fused-ring (bicyclic) bond motifs is 1. The van der Waals surface area contributed by atoms with Crippen LogP contribution in [-0.4, -0.2) is 11.3 Å². The molecule has 0 unspecified atom stereocenters. The first-order valence-corrected chi connectivity index (χ1v) is 5.94. The predicted octanol–water partition coefficient (Wildman–Crippen LogP) is 4.60. The van der Waals surface area contributed by atoms with E-state index < -0.39 is 0 Å². The molecule has 0 radical (unpaired) electrons. The van der Waals surface area contributed by atoms with E-state index in [1.54, 1.807) is 12.3 Å². The molecule has 0 aliphatic carbocycles. The van der Waals surface area contributed by atoms with Gasteiger partial charge < -0.3 is 5.11 Å². The van der Waals surface area contributed by atoms with E-state index in [1.165, 1.54) is 0 Å². The Balaban J connectivity index is 0.000000686. The van der Waals surface area contributed by atoms with E-state index in [1.807, 2.05) is 52.0 Å². The van der Waals surface area contributed by atoms with Crippen LogP contribution in [0.1, 0.15) is 26.3 Å². The van der Waals surface area contributed by atoms with E-state index in [0.717, 1.165) is 22.0 Å². The summed E-state index contributed by atoms with van der Waals surface area (Å²) in [4.78, 5) is 4.31. The zero-order valence-corrected chi connectivity index (χ0v) is 10.9. The third-order valence-electron chi connectivity index (χ3n) is 2.46. The summed E-state index contributed by atoms with van der Waals surface area (Å²) in [5.41, 5.74) is 1.93. The third kappa shape index (κ3) is 2.64. The Bertz CT molecular complexity index is 530. The first kappa shape index (κ1) is 13.2. The van der Waals surface area contributed by atoms with Crippen molar-refractivity contribution in [1.82, 2.24) is 0 Å². The molecule has 90 valence electrons. The van der Waals surface area contributed by atoms with Crippen LogP contribution in [-0.2, 0) is 0 Å². The third-order valence-corrected chi connectivity index (χ3v) is 2.46. The van der Waals surface area contributed by atoms with Crippen molar-refractivity contribution in [3.8, 4) is 5.75 Å². The van der Waals surface area contributed by atoms with Crippen LogP contribution >= 0.6 is 0 Å². The van der Waals surface area contributed by atoms with Crippen LogP contribution in [0.4, 0.5) is 5.69 Å². The highest BCUT2D eigenvalue weighted by Gasteiger charge is 2.06. The van der Waals surface area contributed by atoms with Gasteiger partial charge in [0.1, 0.15) is 5.75 Å². The molecule has 2 aromatic carbocycles. The summed E-state index contributed by atoms with van der Waals surface area (Å²) in [5.74, 6) is 0.289. The van der Waals surface area contributed by atoms with Crippen molar-refractivity contribution in [2.24, 2.45) is 4.99 Å². The molecule has 0 saturated heterocycles. The fourth-order valence-electron chi connectivity index (χ4n) is 1.74. The summed E-state index contributed by atoms with van der Waals surface area (Å²) in [7, 11) is 0. The van der Waals surface area contributed by atoms with Gasteiger partial charge >= 0.3 is 0 Å². The minimum absolute atomic E-state index is 0.289. The van der Waals surface area contributed by atoms with Crippen molar-refractivity contribution < 1.29 is 5.11 Å². The molecule has 0 fully saturated rings. The molecular weight excluding hydrogens is 210 g/mol. The standard InChI is InChI=1S/C13H13NO.C2H6/c1-3-14-13-9(2)7-8-10-5-4-6-11(15)12(10)13;1-2/h3-8,15H,1-2H3;1-2H3. The summed E-state index contributed by atoms with van der Waals surface area (Å²) in [6, 6.07) is 9.52. The Kier molecular flexibility index (Phi) is 4.70. The Morgan fingerprint density at radius 3 is 2.47 bits per heavy atom. The van der Waals surface area contributed by atoms with E-state index in [-0.39, 0.29) is 5.75 Å². The minimum atomic E-state index is 0.289. The quantitative estimate of drug-likeness (QED) is 0.712. The number of hydrogen-bond donors (Lipinski definition) is 1. The number of rotatable bonds is 1. The number of phenolic OH excluding ortho intramolecular Hbond substituents is 1. The van der Waals surface area contributed by atoms with E-state index in [4.69, 9.17) is 0 Å². The van der Waals surface area contributed by atoms with E-state index >= 15 is 0 Å². The van der Waals surface area contributed by atoms with Crippen molar-refractivity contribution >= 4 is 22.7 Å². The van der Waals surface area contributed by atoms with Gasteiger partial charge in [-0.15, -0.1) is 0 Å². The lowest BCUT2D eigenvalue weighted by molar-refractivity contribution is 0.482. The van der Waals surface area contributed by atoms with Gasteiger partial charge in [0, 0.05) is 11.6 Å². The fourth-order valence-corrected chi connectivity index (χ4v) is 1.74. The second kappa shape index (κ2) is 6.04. The lowest BCUT2D eigenvalue weighted by Gasteiger charge is -2.07. The lowest BCUT2D eigenvalue weighted by Crippen LogP contribution is -1.80. The van der Waals surface area contributed by atoms with Crippen LogP contribution in [0.15, 0.2) is 35.3 Å². The van der Waals surface area contributed by atoms with Gasteiger partial charge in [-0.3, -0.25) is 4.99 Å². The number of hydrogen-bond acceptors (Lipinski definition) is 2. The number of aryl methyl sites for hydroxylation is 1. The minimum Gasteiger partial charge on any atom is -0.507 e. The van der Waals surface area contributed by atoms with Crippen molar-refractivity contribution in [2.45, 2.75) is 27.7 Å². The van der Waals surface area contributed by atoms with Crippen LogP contribution in [0.5, 0.6) is 5.75 Å². The van der Waals surface area contributed by atoms with Gasteiger partial charge in [0.25, 0.3) is 0 Å². The van der Waals surface area contributed by atoms with Crippen molar-refractivity contribution in [3.63, 3.8) is 0 Å². The first-order valence-electron chi connectivity index (χ1n) is 5.94. The molecular formula is C15H19NO. The average Bonchev–Trinajstić information content (AvgIpc) is 2.36. The maximum absolute atomic E-state index is 9.83. The number of aromatic hydroxyl groups is 1. The number of aliphatic imine (C=N–C) groups is 1. The van der Waals surface area contributed by atoms with Crippen LogP contribution in [0.25, 0.3) is 10.8 Å². The maximum Gasteiger partial charge on any atom is 0.125 e. The average molecular weight is 229 g/mol.